The van der Waals surface area contributed by atoms with E-state index >= 15 is 0 Å². The smallest absolute Gasteiger partial charge is 0.229 e. The summed E-state index contributed by atoms with van der Waals surface area (Å²) >= 11 is 1.44. The molecule has 0 radical (unpaired) electrons. The average Bonchev–Trinajstić information content (AvgIpc) is 3.03. The summed E-state index contributed by atoms with van der Waals surface area (Å²) < 4.78 is 5.37. The second-order valence-corrected chi connectivity index (χ2v) is 6.66. The molecule has 2 N–H and O–H groups in total. The Kier molecular flexibility index (Phi) is 6.60. The van der Waals surface area contributed by atoms with Crippen molar-refractivity contribution in [3.05, 3.63) is 29.6 Å². The van der Waals surface area contributed by atoms with Gasteiger partial charge < -0.3 is 15.4 Å². The van der Waals surface area contributed by atoms with Crippen molar-refractivity contribution in [3.63, 3.8) is 0 Å². The number of rotatable bonds is 4. The first kappa shape index (κ1) is 18.7. The van der Waals surface area contributed by atoms with Crippen LogP contribution in [0.15, 0.2) is 29.6 Å². The van der Waals surface area contributed by atoms with E-state index in [1.807, 2.05) is 29.6 Å². The number of benzene rings is 1. The maximum Gasteiger partial charge on any atom is 0.229 e. The highest BCUT2D eigenvalue weighted by molar-refractivity contribution is 7.14. The molecule has 0 unspecified atom stereocenters. The molecule has 3 rings (SSSR count). The predicted octanol–water partition coefficient (Wildman–Crippen LogP) is 3.57. The van der Waals surface area contributed by atoms with Crippen LogP contribution >= 0.6 is 23.7 Å². The largest absolute Gasteiger partial charge is 0.496 e. The van der Waals surface area contributed by atoms with Gasteiger partial charge in [-0.3, -0.25) is 4.79 Å². The number of ether oxygens (including phenoxy) is 1. The molecule has 1 aliphatic rings. The number of amides is 1. The number of methoxy groups -OCH3 is 1. The summed E-state index contributed by atoms with van der Waals surface area (Å²) in [7, 11) is 1.65. The number of nitrogens with one attached hydrogen (secondary N) is 2. The number of carbonyl (C=O) groups excluding carboxylic acids is 1. The van der Waals surface area contributed by atoms with Crippen molar-refractivity contribution in [3.8, 4) is 17.0 Å². The van der Waals surface area contributed by atoms with Gasteiger partial charge in [-0.25, -0.2) is 4.98 Å². The molecule has 0 spiro atoms. The first-order valence-corrected chi connectivity index (χ1v) is 8.68. The Morgan fingerprint density at radius 1 is 1.42 bits per heavy atom. The normalized spacial score (nSPS) is 20.1. The lowest BCUT2D eigenvalue weighted by molar-refractivity contribution is -0.120. The first-order chi connectivity index (χ1) is 11.2. The maximum atomic E-state index is 12.4. The second kappa shape index (κ2) is 8.46. The van der Waals surface area contributed by atoms with Crippen LogP contribution in [-0.4, -0.2) is 30.6 Å². The Morgan fingerprint density at radius 3 is 2.96 bits per heavy atom. The highest BCUT2D eigenvalue weighted by atomic mass is 35.5. The summed E-state index contributed by atoms with van der Waals surface area (Å²) in [6.45, 7) is 3.01. The molecule has 1 aliphatic heterocycles. The van der Waals surface area contributed by atoms with E-state index in [-0.39, 0.29) is 24.2 Å². The first-order valence-electron chi connectivity index (χ1n) is 7.80. The van der Waals surface area contributed by atoms with E-state index in [9.17, 15) is 4.79 Å². The molecule has 0 saturated carbocycles. The zero-order valence-electron chi connectivity index (χ0n) is 13.7. The second-order valence-electron chi connectivity index (χ2n) is 5.80. The van der Waals surface area contributed by atoms with E-state index in [2.05, 4.69) is 22.5 Å². The Hall–Kier alpha value is -1.63. The standard InChI is InChI=1S/C17H21N3O2S.ClH/c1-11-9-12(7-8-18-11)16(21)20-17-19-14(10-23-17)13-5-3-4-6-15(13)22-2;/h3-6,10-12,18H,7-9H2,1-2H3,(H,19,20,21);1H/t11-,12-;/m0./s1. The van der Waals surface area contributed by atoms with E-state index in [1.165, 1.54) is 11.3 Å². The Labute approximate surface area is 152 Å². The number of anilines is 1. The van der Waals surface area contributed by atoms with Crippen LogP contribution in [0.25, 0.3) is 11.3 Å². The van der Waals surface area contributed by atoms with Crippen molar-refractivity contribution >= 4 is 34.8 Å². The zero-order valence-corrected chi connectivity index (χ0v) is 15.4. The molecule has 1 amide bonds. The van der Waals surface area contributed by atoms with Gasteiger partial charge in [0.1, 0.15) is 5.75 Å². The number of thiazole rings is 1. The fourth-order valence-corrected chi connectivity index (χ4v) is 3.60. The fourth-order valence-electron chi connectivity index (χ4n) is 2.89. The molecule has 2 aromatic rings. The van der Waals surface area contributed by atoms with Crippen LogP contribution in [-0.2, 0) is 4.79 Å². The van der Waals surface area contributed by atoms with Gasteiger partial charge in [0.05, 0.1) is 12.8 Å². The van der Waals surface area contributed by atoms with Crippen LogP contribution < -0.4 is 15.4 Å². The molecule has 0 bridgehead atoms. The van der Waals surface area contributed by atoms with E-state index in [4.69, 9.17) is 4.74 Å². The van der Waals surface area contributed by atoms with Crippen LogP contribution in [0.2, 0.25) is 0 Å². The van der Waals surface area contributed by atoms with E-state index < -0.39 is 0 Å². The minimum atomic E-state index is 0. The van der Waals surface area contributed by atoms with Crippen molar-refractivity contribution in [1.29, 1.82) is 0 Å². The minimum absolute atomic E-state index is 0. The number of aromatic nitrogens is 1. The third-order valence-corrected chi connectivity index (χ3v) is 4.87. The SMILES string of the molecule is COc1ccccc1-c1csc(NC(=O)[C@H]2CCN[C@@H](C)C2)n1.Cl. The zero-order chi connectivity index (χ0) is 16.2. The quantitative estimate of drug-likeness (QED) is 0.867. The molecular weight excluding hydrogens is 346 g/mol. The summed E-state index contributed by atoms with van der Waals surface area (Å²) in [4.78, 5) is 16.9. The molecule has 7 heteroatoms. The highest BCUT2D eigenvalue weighted by Crippen LogP contribution is 2.32. The van der Waals surface area contributed by atoms with Crippen LogP contribution in [0.4, 0.5) is 5.13 Å². The number of hydrogen-bond acceptors (Lipinski definition) is 5. The highest BCUT2D eigenvalue weighted by Gasteiger charge is 2.25. The predicted molar refractivity (Wildman–Crippen MR) is 100 cm³/mol. The summed E-state index contributed by atoms with van der Waals surface area (Å²) in [5, 5.41) is 8.91. The van der Waals surface area contributed by atoms with E-state index in [0.717, 1.165) is 36.4 Å². The lowest BCUT2D eigenvalue weighted by Crippen LogP contribution is -2.40. The summed E-state index contributed by atoms with van der Waals surface area (Å²) in [5.74, 6) is 0.909. The van der Waals surface area contributed by atoms with Gasteiger partial charge in [0.2, 0.25) is 5.91 Å². The number of carbonyl (C=O) groups is 1. The Morgan fingerprint density at radius 2 is 2.21 bits per heavy atom. The average molecular weight is 368 g/mol. The monoisotopic (exact) mass is 367 g/mol. The van der Waals surface area contributed by atoms with E-state index in [0.29, 0.717) is 11.2 Å². The van der Waals surface area contributed by atoms with Gasteiger partial charge in [-0.1, -0.05) is 12.1 Å². The van der Waals surface area contributed by atoms with Crippen molar-refractivity contribution in [1.82, 2.24) is 10.3 Å². The molecule has 130 valence electrons. The van der Waals surface area contributed by atoms with Gasteiger partial charge in [0, 0.05) is 22.9 Å². The molecular formula is C17H22ClN3O2S. The number of piperidine rings is 1. The van der Waals surface area contributed by atoms with Gasteiger partial charge in [-0.15, -0.1) is 23.7 Å². The van der Waals surface area contributed by atoms with Crippen LogP contribution in [0.3, 0.4) is 0 Å². The molecule has 5 nitrogen and oxygen atoms in total. The fraction of sp³-hybridized carbons (Fsp3) is 0.412. The van der Waals surface area contributed by atoms with Crippen LogP contribution in [0, 0.1) is 5.92 Å². The molecule has 1 aromatic heterocycles. The number of nitrogens with zero attached hydrogens (tertiary/aromatic N) is 1. The lowest BCUT2D eigenvalue weighted by Gasteiger charge is -2.26. The van der Waals surface area contributed by atoms with Crippen molar-refractivity contribution in [2.45, 2.75) is 25.8 Å². The molecule has 1 aromatic carbocycles. The molecule has 24 heavy (non-hydrogen) atoms. The molecule has 2 heterocycles. The molecule has 1 fully saturated rings. The summed E-state index contributed by atoms with van der Waals surface area (Å²) in [5.41, 5.74) is 1.75. The number of para-hydroxylation sites is 1. The van der Waals surface area contributed by atoms with Crippen molar-refractivity contribution < 1.29 is 9.53 Å². The minimum Gasteiger partial charge on any atom is -0.496 e. The number of hydrogen-bond donors (Lipinski definition) is 2. The third-order valence-electron chi connectivity index (χ3n) is 4.11. The van der Waals surface area contributed by atoms with Gasteiger partial charge >= 0.3 is 0 Å². The van der Waals surface area contributed by atoms with Gasteiger partial charge in [0.15, 0.2) is 5.13 Å². The maximum absolute atomic E-state index is 12.4. The van der Waals surface area contributed by atoms with Gasteiger partial charge in [-0.05, 0) is 38.4 Å². The van der Waals surface area contributed by atoms with Crippen LogP contribution in [0.1, 0.15) is 19.8 Å². The summed E-state index contributed by atoms with van der Waals surface area (Å²) in [6.07, 6.45) is 1.75. The Balaban J connectivity index is 0.00000208. The molecule has 1 saturated heterocycles. The van der Waals surface area contributed by atoms with E-state index in [1.54, 1.807) is 7.11 Å². The topological polar surface area (TPSA) is 63.2 Å². The molecule has 2 atom stereocenters. The molecule has 0 aliphatic carbocycles. The summed E-state index contributed by atoms with van der Waals surface area (Å²) in [6, 6.07) is 8.14. The van der Waals surface area contributed by atoms with Gasteiger partial charge in [-0.2, -0.15) is 0 Å². The Bertz CT molecular complexity index is 692. The van der Waals surface area contributed by atoms with Crippen molar-refractivity contribution in [2.75, 3.05) is 19.0 Å². The van der Waals surface area contributed by atoms with Crippen molar-refractivity contribution in [2.24, 2.45) is 5.92 Å². The van der Waals surface area contributed by atoms with Crippen LogP contribution in [0.5, 0.6) is 5.75 Å². The lowest BCUT2D eigenvalue weighted by atomic mass is 9.92. The third kappa shape index (κ3) is 4.26. The van der Waals surface area contributed by atoms with Gasteiger partial charge in [0.25, 0.3) is 0 Å². The number of halogens is 1.